The van der Waals surface area contributed by atoms with Crippen LogP contribution in [-0.2, 0) is 4.79 Å². The summed E-state index contributed by atoms with van der Waals surface area (Å²) in [6, 6.07) is 11.1. The van der Waals surface area contributed by atoms with Crippen LogP contribution in [-0.4, -0.2) is 32.9 Å². The average molecular weight is 303 g/mol. The van der Waals surface area contributed by atoms with Crippen molar-refractivity contribution >= 4 is 30.4 Å². The van der Waals surface area contributed by atoms with Gasteiger partial charge in [-0.2, -0.15) is 0 Å². The van der Waals surface area contributed by atoms with Gasteiger partial charge in [0.1, 0.15) is 0 Å². The molecule has 1 atom stereocenters. The molecule has 1 aliphatic heterocycles. The third kappa shape index (κ3) is 2.73. The van der Waals surface area contributed by atoms with Crippen LogP contribution >= 0.6 is 0 Å². The molecule has 14 heavy (non-hydrogen) atoms. The third-order valence-electron chi connectivity index (χ3n) is 2.28. The van der Waals surface area contributed by atoms with E-state index in [9.17, 15) is 4.79 Å². The molecule has 2 rings (SSSR count). The van der Waals surface area contributed by atoms with E-state index < -0.39 is 0 Å². The van der Waals surface area contributed by atoms with Crippen molar-refractivity contribution in [1.29, 1.82) is 0 Å². The molecule has 0 aliphatic carbocycles. The number of hydrogen-bond donors (Lipinski definition) is 1. The molecule has 0 radical (unpaired) electrons. The van der Waals surface area contributed by atoms with E-state index in [4.69, 9.17) is 0 Å². The molecule has 1 aliphatic rings. The van der Waals surface area contributed by atoms with Crippen LogP contribution in [0.5, 0.6) is 0 Å². The van der Waals surface area contributed by atoms with Gasteiger partial charge in [0.2, 0.25) is 0 Å². The average Bonchev–Trinajstić information content (AvgIpc) is 2.63. The molecule has 0 unspecified atom stereocenters. The first-order valence-electron chi connectivity index (χ1n) is 4.82. The molecule has 1 amide bonds. The number of nitrogens with one attached hydrogen (secondary N) is 1. The van der Waals surface area contributed by atoms with Crippen LogP contribution in [0.1, 0.15) is 12.8 Å². The Balaban J connectivity index is 1.80. The molecule has 1 aromatic rings. The van der Waals surface area contributed by atoms with Crippen molar-refractivity contribution in [2.45, 2.75) is 23.4 Å². The molecular weight excluding hydrogens is 290 g/mol. The van der Waals surface area contributed by atoms with Gasteiger partial charge < -0.3 is 0 Å². The van der Waals surface area contributed by atoms with E-state index in [0.717, 1.165) is 12.8 Å². The summed E-state index contributed by atoms with van der Waals surface area (Å²) in [7, 11) is 0. The normalized spacial score (nSPS) is 20.9. The van der Waals surface area contributed by atoms with Crippen LogP contribution in [0.15, 0.2) is 30.3 Å². The molecule has 0 bridgehead atoms. The molecule has 3 heteroatoms. The summed E-state index contributed by atoms with van der Waals surface area (Å²) in [5.74, 6) is 0.232. The Labute approximate surface area is 94.2 Å². The van der Waals surface area contributed by atoms with E-state index in [1.165, 1.54) is 8.08 Å². The fourth-order valence-electron chi connectivity index (χ4n) is 1.52. The number of rotatable bonds is 3. The first-order valence-corrected chi connectivity index (χ1v) is 7.63. The topological polar surface area (TPSA) is 29.1 Å². The second-order valence-corrected chi connectivity index (χ2v) is 6.55. The van der Waals surface area contributed by atoms with Gasteiger partial charge in [-0.25, -0.2) is 0 Å². The van der Waals surface area contributed by atoms with Crippen LogP contribution in [0.4, 0.5) is 0 Å². The molecule has 0 saturated carbocycles. The van der Waals surface area contributed by atoms with Gasteiger partial charge in [0, 0.05) is 0 Å². The number of carbonyl (C=O) groups excluding carboxylic acids is 1. The minimum atomic E-state index is -0.0989. The minimum absolute atomic E-state index is 0.0989. The zero-order valence-electron chi connectivity index (χ0n) is 7.90. The molecule has 1 heterocycles. The summed E-state index contributed by atoms with van der Waals surface area (Å²) in [6.07, 6.45) is 1.77. The van der Waals surface area contributed by atoms with Gasteiger partial charge in [0.25, 0.3) is 0 Å². The maximum atomic E-state index is 11.0. The van der Waals surface area contributed by atoms with E-state index in [-0.39, 0.29) is 26.8 Å². The van der Waals surface area contributed by atoms with Crippen molar-refractivity contribution in [1.82, 2.24) is 5.32 Å². The fourth-order valence-corrected chi connectivity index (χ4v) is 4.35. The summed E-state index contributed by atoms with van der Waals surface area (Å²) in [5, 5.41) is 3.02. The molecule has 1 aromatic carbocycles. The van der Waals surface area contributed by atoms with Crippen LogP contribution in [0.2, 0.25) is 4.47 Å². The monoisotopic (exact) mass is 305 g/mol. The number of hydrogen-bond acceptors (Lipinski definition) is 1. The quantitative estimate of drug-likeness (QED) is 0.819. The second-order valence-electron chi connectivity index (χ2n) is 3.43. The predicted molar refractivity (Wildman–Crippen MR) is 57.8 cm³/mol. The van der Waals surface area contributed by atoms with Gasteiger partial charge in [-0.15, -0.1) is 0 Å². The van der Waals surface area contributed by atoms with Gasteiger partial charge in [-0.3, -0.25) is 0 Å². The van der Waals surface area contributed by atoms with Crippen molar-refractivity contribution in [3.63, 3.8) is 0 Å². The zero-order chi connectivity index (χ0) is 9.80. The zero-order valence-corrected chi connectivity index (χ0v) is 10.2. The van der Waals surface area contributed by atoms with Crippen LogP contribution in [0, 0.1) is 0 Å². The number of amides is 1. The van der Waals surface area contributed by atoms with E-state index in [0.29, 0.717) is 6.04 Å². The van der Waals surface area contributed by atoms with Crippen molar-refractivity contribution in [3.05, 3.63) is 30.3 Å². The Morgan fingerprint density at radius 3 is 2.79 bits per heavy atom. The van der Waals surface area contributed by atoms with Crippen LogP contribution in [0.25, 0.3) is 0 Å². The van der Waals surface area contributed by atoms with Gasteiger partial charge in [-0.05, 0) is 0 Å². The Bertz CT molecular complexity index is 312. The van der Waals surface area contributed by atoms with E-state index in [2.05, 4.69) is 29.6 Å². The molecule has 1 saturated heterocycles. The Morgan fingerprint density at radius 2 is 2.14 bits per heavy atom. The standard InChI is InChI=1S/C11H13NOTe/c13-11-7-6-9(12-11)8-14-10-4-2-1-3-5-10/h1-5,9H,6-8H2,(H,12,13)/t9-/m0/s1. The predicted octanol–water partition coefficient (Wildman–Crippen LogP) is 0.713. The molecule has 1 N–H and O–H groups in total. The van der Waals surface area contributed by atoms with Gasteiger partial charge in [0.05, 0.1) is 0 Å². The Morgan fingerprint density at radius 1 is 1.36 bits per heavy atom. The van der Waals surface area contributed by atoms with Crippen molar-refractivity contribution in [3.8, 4) is 0 Å². The Kier molecular flexibility index (Phi) is 3.44. The third-order valence-corrected chi connectivity index (χ3v) is 5.63. The Hall–Kier alpha value is -0.520. The molecule has 1 fully saturated rings. The first-order chi connectivity index (χ1) is 6.84. The fraction of sp³-hybridized carbons (Fsp3) is 0.364. The molecule has 74 valence electrons. The van der Waals surface area contributed by atoms with E-state index in [1.54, 1.807) is 0 Å². The maximum absolute atomic E-state index is 11.0. The molecule has 2 nitrogen and oxygen atoms in total. The van der Waals surface area contributed by atoms with Gasteiger partial charge in [-0.1, -0.05) is 0 Å². The van der Waals surface area contributed by atoms with E-state index in [1.807, 2.05) is 6.07 Å². The number of benzene rings is 1. The molecule has 0 aromatic heterocycles. The summed E-state index contributed by atoms with van der Waals surface area (Å²) in [5.41, 5.74) is 0. The SMILES string of the molecule is O=C1CC[C@@H](C[Te]c2ccccc2)N1. The van der Waals surface area contributed by atoms with Crippen molar-refractivity contribution < 1.29 is 4.79 Å². The van der Waals surface area contributed by atoms with Crippen molar-refractivity contribution in [2.75, 3.05) is 0 Å². The van der Waals surface area contributed by atoms with Crippen molar-refractivity contribution in [2.24, 2.45) is 0 Å². The molecular formula is C11H13NOTe. The summed E-state index contributed by atoms with van der Waals surface area (Å²) in [6.45, 7) is 0. The van der Waals surface area contributed by atoms with Crippen LogP contribution in [0.3, 0.4) is 0 Å². The molecule has 0 spiro atoms. The number of carbonyl (C=O) groups is 1. The van der Waals surface area contributed by atoms with E-state index >= 15 is 0 Å². The summed E-state index contributed by atoms with van der Waals surface area (Å²) in [4.78, 5) is 11.0. The summed E-state index contributed by atoms with van der Waals surface area (Å²) >= 11 is -0.0989. The first kappa shape index (κ1) is 10.0. The second kappa shape index (κ2) is 4.82. The summed E-state index contributed by atoms with van der Waals surface area (Å²) < 4.78 is 2.68. The van der Waals surface area contributed by atoms with Crippen LogP contribution < -0.4 is 8.93 Å². The van der Waals surface area contributed by atoms with Gasteiger partial charge >= 0.3 is 94.2 Å². The van der Waals surface area contributed by atoms with Gasteiger partial charge in [0.15, 0.2) is 0 Å².